The van der Waals surface area contributed by atoms with E-state index in [1.807, 2.05) is 37.3 Å². The molecule has 0 radical (unpaired) electrons. The molecular weight excluding hydrogens is 471 g/mol. The Kier molecular flexibility index (Phi) is 10.1. The van der Waals surface area contributed by atoms with E-state index < -0.39 is 6.04 Å². The summed E-state index contributed by atoms with van der Waals surface area (Å²) >= 11 is 12.2. The van der Waals surface area contributed by atoms with Crippen LogP contribution in [-0.2, 0) is 16.1 Å². The van der Waals surface area contributed by atoms with Crippen molar-refractivity contribution in [1.82, 2.24) is 10.2 Å². The average Bonchev–Trinajstić information content (AvgIpc) is 2.83. The zero-order chi connectivity index (χ0) is 24.5. The molecular formula is C27H34Cl2N2O3. The summed E-state index contributed by atoms with van der Waals surface area (Å²) < 4.78 is 5.76. The molecule has 2 aromatic carbocycles. The van der Waals surface area contributed by atoms with Crippen LogP contribution in [0.1, 0.15) is 63.0 Å². The summed E-state index contributed by atoms with van der Waals surface area (Å²) in [6.07, 6.45) is 6.31. The maximum atomic E-state index is 13.2. The highest BCUT2D eigenvalue weighted by atomic mass is 35.5. The van der Waals surface area contributed by atoms with Gasteiger partial charge < -0.3 is 15.0 Å². The van der Waals surface area contributed by atoms with Crippen molar-refractivity contribution in [3.05, 3.63) is 63.6 Å². The van der Waals surface area contributed by atoms with Gasteiger partial charge in [-0.1, -0.05) is 66.2 Å². The quantitative estimate of drug-likeness (QED) is 0.384. The summed E-state index contributed by atoms with van der Waals surface area (Å²) in [5.74, 6) is 0.576. The number of aryl methyl sites for hydroxylation is 1. The molecule has 1 saturated carbocycles. The van der Waals surface area contributed by atoms with Crippen molar-refractivity contribution < 1.29 is 14.3 Å². The Balaban J connectivity index is 1.62. The summed E-state index contributed by atoms with van der Waals surface area (Å²) in [6.45, 7) is 4.53. The number of hydrogen-bond acceptors (Lipinski definition) is 3. The summed E-state index contributed by atoms with van der Waals surface area (Å²) in [5.41, 5.74) is 2.00. The van der Waals surface area contributed by atoms with Crippen LogP contribution < -0.4 is 10.1 Å². The molecule has 7 heteroatoms. The number of carbonyl (C=O) groups excluding carboxylic acids is 2. The van der Waals surface area contributed by atoms with Crippen molar-refractivity contribution in [3.8, 4) is 5.75 Å². The molecule has 34 heavy (non-hydrogen) atoms. The van der Waals surface area contributed by atoms with Crippen LogP contribution in [0.5, 0.6) is 5.75 Å². The summed E-state index contributed by atoms with van der Waals surface area (Å²) in [6, 6.07) is 12.7. The normalized spacial score (nSPS) is 14.9. The van der Waals surface area contributed by atoms with Crippen LogP contribution in [0.3, 0.4) is 0 Å². The Hall–Kier alpha value is -2.24. The molecule has 1 fully saturated rings. The highest BCUT2D eigenvalue weighted by Crippen LogP contribution is 2.24. The number of ether oxygens (including phenoxy) is 1. The molecule has 1 atom stereocenters. The molecule has 2 amide bonds. The minimum absolute atomic E-state index is 0.0927. The fourth-order valence-corrected chi connectivity index (χ4v) is 4.50. The lowest BCUT2D eigenvalue weighted by Gasteiger charge is -2.31. The van der Waals surface area contributed by atoms with E-state index in [4.69, 9.17) is 27.9 Å². The molecule has 3 rings (SSSR count). The minimum atomic E-state index is -0.595. The second-order valence-corrected chi connectivity index (χ2v) is 9.87. The van der Waals surface area contributed by atoms with Gasteiger partial charge in [0, 0.05) is 19.0 Å². The Morgan fingerprint density at radius 1 is 1.06 bits per heavy atom. The lowest BCUT2D eigenvalue weighted by Crippen LogP contribution is -2.50. The predicted molar refractivity (Wildman–Crippen MR) is 137 cm³/mol. The van der Waals surface area contributed by atoms with E-state index in [-0.39, 0.29) is 30.8 Å². The second-order valence-electron chi connectivity index (χ2n) is 9.05. The van der Waals surface area contributed by atoms with E-state index in [1.165, 1.54) is 12.0 Å². The van der Waals surface area contributed by atoms with Crippen molar-refractivity contribution in [3.63, 3.8) is 0 Å². The molecule has 0 saturated heterocycles. The van der Waals surface area contributed by atoms with E-state index in [0.29, 0.717) is 23.1 Å². The summed E-state index contributed by atoms with van der Waals surface area (Å²) in [4.78, 5) is 27.9. The molecule has 1 aliphatic carbocycles. The fraction of sp³-hybridized carbons (Fsp3) is 0.481. The first-order chi connectivity index (χ1) is 16.3. The number of halogens is 2. The van der Waals surface area contributed by atoms with Crippen molar-refractivity contribution in [2.75, 3.05) is 6.61 Å². The highest BCUT2D eigenvalue weighted by molar-refractivity contribution is 6.42. The number of amides is 2. The van der Waals surface area contributed by atoms with Gasteiger partial charge in [-0.2, -0.15) is 0 Å². The maximum absolute atomic E-state index is 13.2. The van der Waals surface area contributed by atoms with Crippen molar-refractivity contribution >= 4 is 35.0 Å². The molecule has 184 valence electrons. The van der Waals surface area contributed by atoms with E-state index >= 15 is 0 Å². The zero-order valence-corrected chi connectivity index (χ0v) is 21.5. The zero-order valence-electron chi connectivity index (χ0n) is 20.0. The van der Waals surface area contributed by atoms with Gasteiger partial charge in [0.15, 0.2) is 0 Å². The van der Waals surface area contributed by atoms with Crippen LogP contribution in [0, 0.1) is 6.92 Å². The van der Waals surface area contributed by atoms with Gasteiger partial charge in [0.2, 0.25) is 11.8 Å². The largest absolute Gasteiger partial charge is 0.494 e. The second kappa shape index (κ2) is 13.0. The number of nitrogens with one attached hydrogen (secondary N) is 1. The number of hydrogen-bond donors (Lipinski definition) is 1. The molecule has 0 bridgehead atoms. The highest BCUT2D eigenvalue weighted by Gasteiger charge is 2.28. The van der Waals surface area contributed by atoms with Crippen LogP contribution in [0.25, 0.3) is 0 Å². The smallest absolute Gasteiger partial charge is 0.242 e. The van der Waals surface area contributed by atoms with Gasteiger partial charge in [-0.05, 0) is 62.9 Å². The van der Waals surface area contributed by atoms with Crippen LogP contribution in [-0.4, -0.2) is 35.4 Å². The van der Waals surface area contributed by atoms with Gasteiger partial charge in [0.1, 0.15) is 11.8 Å². The average molecular weight is 505 g/mol. The molecule has 0 aromatic heterocycles. The molecule has 0 heterocycles. The predicted octanol–water partition coefficient (Wildman–Crippen LogP) is 6.33. The topological polar surface area (TPSA) is 58.6 Å². The Labute approximate surface area is 212 Å². The van der Waals surface area contributed by atoms with Gasteiger partial charge in [0.25, 0.3) is 0 Å². The van der Waals surface area contributed by atoms with Crippen LogP contribution in [0.15, 0.2) is 42.5 Å². The molecule has 0 unspecified atom stereocenters. The van der Waals surface area contributed by atoms with Gasteiger partial charge in [-0.3, -0.25) is 9.59 Å². The summed E-state index contributed by atoms with van der Waals surface area (Å²) in [7, 11) is 0. The number of benzene rings is 2. The number of carbonyl (C=O) groups is 2. The van der Waals surface area contributed by atoms with Gasteiger partial charge in [-0.15, -0.1) is 0 Å². The third-order valence-electron chi connectivity index (χ3n) is 6.28. The monoisotopic (exact) mass is 504 g/mol. The molecule has 0 spiro atoms. The molecule has 1 aliphatic rings. The van der Waals surface area contributed by atoms with E-state index in [9.17, 15) is 9.59 Å². The first kappa shape index (κ1) is 26.4. The lowest BCUT2D eigenvalue weighted by molar-refractivity contribution is -0.141. The number of rotatable bonds is 10. The standard InChI is InChI=1S/C27H34Cl2N2O3/c1-19-10-13-23(14-11-19)34-16-6-9-26(32)31(18-21-12-15-24(28)25(29)17-21)20(2)27(33)30-22-7-4-3-5-8-22/h10-15,17,20,22H,3-9,16,18H2,1-2H3,(H,30,33)/t20-/m0/s1. The summed E-state index contributed by atoms with van der Waals surface area (Å²) in [5, 5.41) is 4.03. The molecule has 2 aromatic rings. The van der Waals surface area contributed by atoms with Crippen molar-refractivity contribution in [2.24, 2.45) is 0 Å². The molecule has 1 N–H and O–H groups in total. The minimum Gasteiger partial charge on any atom is -0.494 e. The van der Waals surface area contributed by atoms with Crippen LogP contribution >= 0.6 is 23.2 Å². The third kappa shape index (κ3) is 7.92. The Morgan fingerprint density at radius 2 is 1.76 bits per heavy atom. The fourth-order valence-electron chi connectivity index (χ4n) is 4.18. The SMILES string of the molecule is Cc1ccc(OCCCC(=O)N(Cc2ccc(Cl)c(Cl)c2)[C@@H](C)C(=O)NC2CCCCC2)cc1. The Morgan fingerprint density at radius 3 is 2.44 bits per heavy atom. The van der Waals surface area contributed by atoms with E-state index in [1.54, 1.807) is 24.0 Å². The Bertz CT molecular complexity index is 959. The van der Waals surface area contributed by atoms with Gasteiger partial charge in [0.05, 0.1) is 16.7 Å². The first-order valence-electron chi connectivity index (χ1n) is 12.1. The first-order valence-corrected chi connectivity index (χ1v) is 12.8. The van der Waals surface area contributed by atoms with Crippen LogP contribution in [0.4, 0.5) is 0 Å². The van der Waals surface area contributed by atoms with Gasteiger partial charge >= 0.3 is 0 Å². The van der Waals surface area contributed by atoms with E-state index in [0.717, 1.165) is 37.0 Å². The van der Waals surface area contributed by atoms with Crippen molar-refractivity contribution in [2.45, 2.75) is 77.4 Å². The number of nitrogens with zero attached hydrogens (tertiary/aromatic N) is 1. The van der Waals surface area contributed by atoms with Crippen molar-refractivity contribution in [1.29, 1.82) is 0 Å². The van der Waals surface area contributed by atoms with Gasteiger partial charge in [-0.25, -0.2) is 0 Å². The third-order valence-corrected chi connectivity index (χ3v) is 7.02. The maximum Gasteiger partial charge on any atom is 0.242 e. The van der Waals surface area contributed by atoms with Crippen LogP contribution in [0.2, 0.25) is 10.0 Å². The molecule has 5 nitrogen and oxygen atoms in total. The van der Waals surface area contributed by atoms with E-state index in [2.05, 4.69) is 5.32 Å². The molecule has 0 aliphatic heterocycles. The lowest BCUT2D eigenvalue weighted by atomic mass is 9.95.